The van der Waals surface area contributed by atoms with Crippen LogP contribution in [-0.2, 0) is 0 Å². The first-order chi connectivity index (χ1) is 14.4. The Hall–Kier alpha value is -3.13. The fourth-order valence-electron chi connectivity index (χ4n) is 5.05. The molecule has 5 aromatic rings. The summed E-state index contributed by atoms with van der Waals surface area (Å²) >= 11 is 0. The number of aromatic nitrogens is 1. The first kappa shape index (κ1) is 16.8. The van der Waals surface area contributed by atoms with Crippen LogP contribution in [-0.4, -0.2) is 4.98 Å². The van der Waals surface area contributed by atoms with Crippen molar-refractivity contribution >= 4 is 32.7 Å². The Morgan fingerprint density at radius 1 is 0.793 bits per heavy atom. The minimum atomic E-state index is 0.671. The molecule has 1 aliphatic rings. The van der Waals surface area contributed by atoms with Crippen LogP contribution in [0.5, 0.6) is 0 Å². The SMILES string of the molecule is c1ccc2c(c1)ccc1oc3c(-c4cc(C5CCCCC5)ccn4)cccc3c12. The number of benzene rings is 3. The van der Waals surface area contributed by atoms with Crippen LogP contribution in [0.15, 0.2) is 77.3 Å². The van der Waals surface area contributed by atoms with Crippen molar-refractivity contribution in [2.75, 3.05) is 0 Å². The van der Waals surface area contributed by atoms with Crippen molar-refractivity contribution in [2.45, 2.75) is 38.0 Å². The summed E-state index contributed by atoms with van der Waals surface area (Å²) in [5, 5.41) is 4.85. The molecule has 2 heteroatoms. The highest BCUT2D eigenvalue weighted by molar-refractivity contribution is 6.20. The molecule has 142 valence electrons. The van der Waals surface area contributed by atoms with Crippen molar-refractivity contribution in [2.24, 2.45) is 0 Å². The maximum absolute atomic E-state index is 6.39. The van der Waals surface area contributed by atoms with E-state index in [0.29, 0.717) is 5.92 Å². The number of rotatable bonds is 2. The van der Waals surface area contributed by atoms with Crippen LogP contribution in [0.4, 0.5) is 0 Å². The molecular weight excluding hydrogens is 354 g/mol. The number of pyridine rings is 1. The maximum atomic E-state index is 6.39. The van der Waals surface area contributed by atoms with Gasteiger partial charge in [-0.15, -0.1) is 0 Å². The lowest BCUT2D eigenvalue weighted by atomic mass is 9.84. The molecule has 0 bridgehead atoms. The summed E-state index contributed by atoms with van der Waals surface area (Å²) in [6, 6.07) is 23.7. The van der Waals surface area contributed by atoms with Crippen molar-refractivity contribution in [3.8, 4) is 11.3 Å². The normalized spacial score (nSPS) is 15.4. The Morgan fingerprint density at radius 3 is 2.59 bits per heavy atom. The number of hydrogen-bond donors (Lipinski definition) is 0. The Kier molecular flexibility index (Phi) is 3.90. The van der Waals surface area contributed by atoms with Gasteiger partial charge in [0.05, 0.1) is 5.69 Å². The summed E-state index contributed by atoms with van der Waals surface area (Å²) in [6.45, 7) is 0. The van der Waals surface area contributed by atoms with E-state index in [1.54, 1.807) is 0 Å². The van der Waals surface area contributed by atoms with Crippen LogP contribution in [0.2, 0.25) is 0 Å². The Labute approximate surface area is 170 Å². The van der Waals surface area contributed by atoms with E-state index in [2.05, 4.69) is 66.7 Å². The highest BCUT2D eigenvalue weighted by Crippen LogP contribution is 2.39. The van der Waals surface area contributed by atoms with Gasteiger partial charge in [-0.2, -0.15) is 0 Å². The van der Waals surface area contributed by atoms with E-state index in [0.717, 1.165) is 22.4 Å². The van der Waals surface area contributed by atoms with E-state index in [4.69, 9.17) is 9.40 Å². The van der Waals surface area contributed by atoms with E-state index < -0.39 is 0 Å². The third-order valence-corrected chi connectivity index (χ3v) is 6.52. The van der Waals surface area contributed by atoms with Crippen molar-refractivity contribution < 1.29 is 4.42 Å². The van der Waals surface area contributed by atoms with Crippen LogP contribution in [0, 0.1) is 0 Å². The molecule has 1 saturated carbocycles. The van der Waals surface area contributed by atoms with Gasteiger partial charge in [0, 0.05) is 22.5 Å². The molecule has 1 aliphatic carbocycles. The lowest BCUT2D eigenvalue weighted by Crippen LogP contribution is -2.04. The Bertz CT molecular complexity index is 1340. The summed E-state index contributed by atoms with van der Waals surface area (Å²) in [7, 11) is 0. The van der Waals surface area contributed by atoms with Gasteiger partial charge in [-0.1, -0.05) is 61.7 Å². The van der Waals surface area contributed by atoms with E-state index >= 15 is 0 Å². The first-order valence-electron chi connectivity index (χ1n) is 10.7. The molecule has 29 heavy (non-hydrogen) atoms. The van der Waals surface area contributed by atoms with Gasteiger partial charge in [0.1, 0.15) is 11.2 Å². The molecule has 3 aromatic carbocycles. The maximum Gasteiger partial charge on any atom is 0.144 e. The average molecular weight is 377 g/mol. The van der Waals surface area contributed by atoms with E-state index in [9.17, 15) is 0 Å². The van der Waals surface area contributed by atoms with Crippen LogP contribution in [0.25, 0.3) is 44.0 Å². The van der Waals surface area contributed by atoms with Crippen LogP contribution in [0.3, 0.4) is 0 Å². The minimum absolute atomic E-state index is 0.671. The molecule has 0 spiro atoms. The van der Waals surface area contributed by atoms with Crippen molar-refractivity contribution in [3.05, 3.63) is 78.5 Å². The highest BCUT2D eigenvalue weighted by Gasteiger charge is 2.18. The van der Waals surface area contributed by atoms with Crippen LogP contribution in [0.1, 0.15) is 43.6 Å². The number of nitrogens with zero attached hydrogens (tertiary/aromatic N) is 1. The second kappa shape index (κ2) is 6.73. The molecular formula is C27H23NO. The van der Waals surface area contributed by atoms with Crippen LogP contribution < -0.4 is 0 Å². The van der Waals surface area contributed by atoms with Gasteiger partial charge in [-0.05, 0) is 59.4 Å². The third kappa shape index (κ3) is 2.74. The summed E-state index contributed by atoms with van der Waals surface area (Å²) < 4.78 is 6.39. The molecule has 0 amide bonds. The molecule has 0 saturated heterocycles. The second-order valence-corrected chi connectivity index (χ2v) is 8.25. The second-order valence-electron chi connectivity index (χ2n) is 8.25. The lowest BCUT2D eigenvalue weighted by Gasteiger charge is -2.22. The Morgan fingerprint density at radius 2 is 1.66 bits per heavy atom. The average Bonchev–Trinajstić information content (AvgIpc) is 3.19. The zero-order valence-corrected chi connectivity index (χ0v) is 16.4. The van der Waals surface area contributed by atoms with Crippen molar-refractivity contribution in [1.82, 2.24) is 4.98 Å². The van der Waals surface area contributed by atoms with E-state index in [1.165, 1.54) is 59.2 Å². The van der Waals surface area contributed by atoms with Gasteiger partial charge in [-0.25, -0.2) is 0 Å². The Balaban J connectivity index is 1.56. The molecule has 0 radical (unpaired) electrons. The van der Waals surface area contributed by atoms with E-state index in [1.807, 2.05) is 6.20 Å². The summed E-state index contributed by atoms with van der Waals surface area (Å²) in [5.74, 6) is 0.671. The minimum Gasteiger partial charge on any atom is -0.455 e. The molecule has 2 aromatic heterocycles. The van der Waals surface area contributed by atoms with Crippen molar-refractivity contribution in [3.63, 3.8) is 0 Å². The smallest absolute Gasteiger partial charge is 0.144 e. The molecule has 6 rings (SSSR count). The predicted molar refractivity (Wildman–Crippen MR) is 120 cm³/mol. The molecule has 2 heterocycles. The summed E-state index contributed by atoms with van der Waals surface area (Å²) in [4.78, 5) is 4.73. The summed E-state index contributed by atoms with van der Waals surface area (Å²) in [5.41, 5.74) is 5.40. The zero-order chi connectivity index (χ0) is 19.2. The molecule has 1 fully saturated rings. The largest absolute Gasteiger partial charge is 0.455 e. The number of para-hydroxylation sites is 1. The zero-order valence-electron chi connectivity index (χ0n) is 16.4. The summed E-state index contributed by atoms with van der Waals surface area (Å²) in [6.07, 6.45) is 8.62. The van der Waals surface area contributed by atoms with E-state index in [-0.39, 0.29) is 0 Å². The van der Waals surface area contributed by atoms with Gasteiger partial charge >= 0.3 is 0 Å². The number of fused-ring (bicyclic) bond motifs is 5. The van der Waals surface area contributed by atoms with Crippen molar-refractivity contribution in [1.29, 1.82) is 0 Å². The highest BCUT2D eigenvalue weighted by atomic mass is 16.3. The first-order valence-corrected chi connectivity index (χ1v) is 10.7. The molecule has 2 nitrogen and oxygen atoms in total. The number of hydrogen-bond acceptors (Lipinski definition) is 2. The van der Waals surface area contributed by atoms with Gasteiger partial charge in [0.25, 0.3) is 0 Å². The molecule has 0 atom stereocenters. The fourth-order valence-corrected chi connectivity index (χ4v) is 5.05. The van der Waals surface area contributed by atoms with Crippen LogP contribution >= 0.6 is 0 Å². The quantitative estimate of drug-likeness (QED) is 0.313. The predicted octanol–water partition coefficient (Wildman–Crippen LogP) is 7.85. The lowest BCUT2D eigenvalue weighted by molar-refractivity contribution is 0.443. The van der Waals surface area contributed by atoms with Gasteiger partial charge in [0.15, 0.2) is 0 Å². The van der Waals surface area contributed by atoms with Gasteiger partial charge < -0.3 is 4.42 Å². The standard InChI is InChI=1S/C27H23NO/c1-2-7-18(8-3-1)20-15-16-28-24(17-20)22-11-6-12-23-26-21-10-5-4-9-19(21)13-14-25(26)29-27(22)23/h4-6,9-18H,1-3,7-8H2. The van der Waals surface area contributed by atoms with Gasteiger partial charge in [0.2, 0.25) is 0 Å². The number of furan rings is 1. The molecule has 0 aliphatic heterocycles. The topological polar surface area (TPSA) is 26.0 Å². The molecule has 0 N–H and O–H groups in total. The monoisotopic (exact) mass is 377 g/mol. The fraction of sp³-hybridized carbons (Fsp3) is 0.222. The third-order valence-electron chi connectivity index (χ3n) is 6.52. The molecule has 0 unspecified atom stereocenters. The van der Waals surface area contributed by atoms with Gasteiger partial charge in [-0.3, -0.25) is 4.98 Å².